The number of hydrogen-bond donors (Lipinski definition) is 1. The van der Waals surface area contributed by atoms with Crippen LogP contribution in [0.3, 0.4) is 0 Å². The fourth-order valence-electron chi connectivity index (χ4n) is 2.32. The van der Waals surface area contributed by atoms with Gasteiger partial charge >= 0.3 is 0 Å². The number of amides is 1. The van der Waals surface area contributed by atoms with E-state index in [2.05, 4.69) is 10.3 Å². The standard InChI is InChI=1S/C12H17N3O2/c16-12(15-5-2-6-15)10-8-17-11(14-10)9-3-1-4-13-7-9/h8-9,13H,1-7H2. The minimum atomic E-state index is 0.00928. The van der Waals surface area contributed by atoms with E-state index >= 15 is 0 Å². The number of rotatable bonds is 2. The van der Waals surface area contributed by atoms with Gasteiger partial charge in [0.15, 0.2) is 11.6 Å². The third kappa shape index (κ3) is 2.07. The molecule has 2 saturated heterocycles. The van der Waals surface area contributed by atoms with Gasteiger partial charge in [0.2, 0.25) is 0 Å². The smallest absolute Gasteiger partial charge is 0.275 e. The van der Waals surface area contributed by atoms with E-state index in [0.717, 1.165) is 45.4 Å². The van der Waals surface area contributed by atoms with Gasteiger partial charge in [-0.1, -0.05) is 0 Å². The first-order valence-corrected chi connectivity index (χ1v) is 6.30. The molecule has 1 atom stereocenters. The van der Waals surface area contributed by atoms with Crippen LogP contribution in [0.15, 0.2) is 10.7 Å². The number of carbonyl (C=O) groups is 1. The van der Waals surface area contributed by atoms with E-state index in [4.69, 9.17) is 4.42 Å². The quantitative estimate of drug-likeness (QED) is 0.830. The molecule has 0 aliphatic carbocycles. The summed E-state index contributed by atoms with van der Waals surface area (Å²) < 4.78 is 5.45. The number of piperidine rings is 1. The van der Waals surface area contributed by atoms with Gasteiger partial charge in [-0.3, -0.25) is 4.79 Å². The maximum atomic E-state index is 11.9. The topological polar surface area (TPSA) is 58.4 Å². The fraction of sp³-hybridized carbons (Fsp3) is 0.667. The molecule has 3 rings (SSSR count). The van der Waals surface area contributed by atoms with Crippen molar-refractivity contribution in [3.05, 3.63) is 17.8 Å². The van der Waals surface area contributed by atoms with E-state index in [1.807, 2.05) is 0 Å². The molecule has 0 aromatic carbocycles. The van der Waals surface area contributed by atoms with Crippen molar-refractivity contribution in [2.75, 3.05) is 26.2 Å². The van der Waals surface area contributed by atoms with Gasteiger partial charge in [-0.15, -0.1) is 0 Å². The number of carbonyl (C=O) groups excluding carboxylic acids is 1. The van der Waals surface area contributed by atoms with Gasteiger partial charge in [-0.05, 0) is 25.8 Å². The van der Waals surface area contributed by atoms with Crippen molar-refractivity contribution in [3.63, 3.8) is 0 Å². The Morgan fingerprint density at radius 3 is 3.00 bits per heavy atom. The van der Waals surface area contributed by atoms with Gasteiger partial charge in [0.05, 0.1) is 0 Å². The number of oxazole rings is 1. The third-order valence-corrected chi connectivity index (χ3v) is 3.53. The van der Waals surface area contributed by atoms with Crippen LogP contribution in [-0.4, -0.2) is 42.0 Å². The van der Waals surface area contributed by atoms with Crippen molar-refractivity contribution in [2.45, 2.75) is 25.2 Å². The molecule has 17 heavy (non-hydrogen) atoms. The molecule has 0 spiro atoms. The molecule has 0 saturated carbocycles. The van der Waals surface area contributed by atoms with Crippen LogP contribution in [0.4, 0.5) is 0 Å². The highest BCUT2D eigenvalue weighted by Gasteiger charge is 2.26. The highest BCUT2D eigenvalue weighted by Crippen LogP contribution is 2.23. The number of nitrogens with one attached hydrogen (secondary N) is 1. The highest BCUT2D eigenvalue weighted by molar-refractivity contribution is 5.92. The van der Waals surface area contributed by atoms with Crippen LogP contribution in [0.1, 0.15) is 41.6 Å². The second kappa shape index (κ2) is 4.49. The summed E-state index contributed by atoms with van der Waals surface area (Å²) in [7, 11) is 0. The number of nitrogens with zero attached hydrogens (tertiary/aromatic N) is 2. The zero-order valence-corrected chi connectivity index (χ0v) is 9.82. The van der Waals surface area contributed by atoms with Gasteiger partial charge in [-0.2, -0.15) is 0 Å². The lowest BCUT2D eigenvalue weighted by Crippen LogP contribution is -2.42. The fourth-order valence-corrected chi connectivity index (χ4v) is 2.32. The Balaban J connectivity index is 1.70. The summed E-state index contributed by atoms with van der Waals surface area (Å²) >= 11 is 0. The molecule has 1 aromatic rings. The van der Waals surface area contributed by atoms with Crippen LogP contribution >= 0.6 is 0 Å². The predicted octanol–water partition coefficient (Wildman–Crippen LogP) is 0.988. The molecular formula is C12H17N3O2. The maximum absolute atomic E-state index is 11.9. The Kier molecular flexibility index (Phi) is 2.84. The first-order chi connectivity index (χ1) is 8.34. The molecule has 5 heteroatoms. The van der Waals surface area contributed by atoms with Crippen molar-refractivity contribution in [1.82, 2.24) is 15.2 Å². The lowest BCUT2D eigenvalue weighted by Gasteiger charge is -2.29. The van der Waals surface area contributed by atoms with Crippen LogP contribution < -0.4 is 5.32 Å². The molecule has 92 valence electrons. The van der Waals surface area contributed by atoms with Gasteiger partial charge in [0.25, 0.3) is 5.91 Å². The van der Waals surface area contributed by atoms with Gasteiger partial charge in [-0.25, -0.2) is 4.98 Å². The molecule has 3 heterocycles. The number of likely N-dealkylation sites (tertiary alicyclic amines) is 1. The highest BCUT2D eigenvalue weighted by atomic mass is 16.3. The summed E-state index contributed by atoms with van der Waals surface area (Å²) in [5.41, 5.74) is 0.463. The molecule has 1 amide bonds. The summed E-state index contributed by atoms with van der Waals surface area (Å²) in [6.07, 6.45) is 4.83. The summed E-state index contributed by atoms with van der Waals surface area (Å²) in [6.45, 7) is 3.67. The Labute approximate surface area is 100 Å². The number of aromatic nitrogens is 1. The molecule has 2 aliphatic rings. The van der Waals surface area contributed by atoms with E-state index < -0.39 is 0 Å². The zero-order valence-electron chi connectivity index (χ0n) is 9.82. The van der Waals surface area contributed by atoms with Crippen LogP contribution in [0.2, 0.25) is 0 Å². The second-order valence-electron chi connectivity index (χ2n) is 4.76. The maximum Gasteiger partial charge on any atom is 0.275 e. The first-order valence-electron chi connectivity index (χ1n) is 6.30. The minimum absolute atomic E-state index is 0.00928. The van der Waals surface area contributed by atoms with Crippen LogP contribution in [0.25, 0.3) is 0 Å². The average molecular weight is 235 g/mol. The van der Waals surface area contributed by atoms with E-state index in [0.29, 0.717) is 17.5 Å². The normalized spacial score (nSPS) is 24.5. The monoisotopic (exact) mass is 235 g/mol. The van der Waals surface area contributed by atoms with E-state index in [1.54, 1.807) is 4.90 Å². The van der Waals surface area contributed by atoms with E-state index in [-0.39, 0.29) is 5.91 Å². The van der Waals surface area contributed by atoms with Crippen molar-refractivity contribution in [2.24, 2.45) is 0 Å². The predicted molar refractivity (Wildman–Crippen MR) is 61.9 cm³/mol. The molecular weight excluding hydrogens is 218 g/mol. The van der Waals surface area contributed by atoms with Crippen molar-refractivity contribution < 1.29 is 9.21 Å². The van der Waals surface area contributed by atoms with E-state index in [9.17, 15) is 4.79 Å². The number of hydrogen-bond acceptors (Lipinski definition) is 4. The lowest BCUT2D eigenvalue weighted by molar-refractivity contribution is 0.0645. The lowest BCUT2D eigenvalue weighted by atomic mass is 10.00. The summed E-state index contributed by atoms with van der Waals surface area (Å²) in [5.74, 6) is 1.04. The third-order valence-electron chi connectivity index (χ3n) is 3.53. The molecule has 1 N–H and O–H groups in total. The average Bonchev–Trinajstić information content (AvgIpc) is 2.77. The SMILES string of the molecule is O=C(c1coc(C2CCCNC2)n1)N1CCC1. The van der Waals surface area contributed by atoms with Crippen LogP contribution in [0, 0.1) is 0 Å². The summed E-state index contributed by atoms with van der Waals surface area (Å²) in [6, 6.07) is 0. The van der Waals surface area contributed by atoms with Crippen LogP contribution in [0.5, 0.6) is 0 Å². The molecule has 2 fully saturated rings. The van der Waals surface area contributed by atoms with Gasteiger partial charge < -0.3 is 14.6 Å². The van der Waals surface area contributed by atoms with Gasteiger partial charge in [0.1, 0.15) is 6.26 Å². The Bertz CT molecular complexity index is 406. The largest absolute Gasteiger partial charge is 0.448 e. The minimum Gasteiger partial charge on any atom is -0.448 e. The van der Waals surface area contributed by atoms with Crippen molar-refractivity contribution in [3.8, 4) is 0 Å². The van der Waals surface area contributed by atoms with Crippen molar-refractivity contribution >= 4 is 5.91 Å². The summed E-state index contributed by atoms with van der Waals surface area (Å²) in [4.78, 5) is 18.1. The second-order valence-corrected chi connectivity index (χ2v) is 4.76. The zero-order chi connectivity index (χ0) is 11.7. The summed E-state index contributed by atoms with van der Waals surface area (Å²) in [5, 5.41) is 3.32. The molecule has 0 radical (unpaired) electrons. The Morgan fingerprint density at radius 1 is 1.47 bits per heavy atom. The molecule has 2 aliphatic heterocycles. The first kappa shape index (κ1) is 10.8. The van der Waals surface area contributed by atoms with E-state index in [1.165, 1.54) is 6.26 Å². The Morgan fingerprint density at radius 2 is 2.35 bits per heavy atom. The molecule has 0 bridgehead atoms. The molecule has 1 unspecified atom stereocenters. The molecule has 1 aromatic heterocycles. The molecule has 5 nitrogen and oxygen atoms in total. The Hall–Kier alpha value is -1.36. The van der Waals surface area contributed by atoms with Crippen LogP contribution in [-0.2, 0) is 0 Å². The van der Waals surface area contributed by atoms with Gasteiger partial charge in [0, 0.05) is 25.6 Å². The van der Waals surface area contributed by atoms with Crippen molar-refractivity contribution in [1.29, 1.82) is 0 Å².